The zero-order chi connectivity index (χ0) is 35.6. The van der Waals surface area contributed by atoms with Gasteiger partial charge in [-0.15, -0.1) is 6.42 Å². The van der Waals surface area contributed by atoms with Gasteiger partial charge in [0.1, 0.15) is 25.4 Å². The molecular formula is C29H41NO17. The number of esters is 6. The largest absolute Gasteiger partial charge is 0.465 e. The molecule has 264 valence electrons. The molecule has 18 nitrogen and oxygen atoms in total. The highest BCUT2D eigenvalue weighted by Crippen LogP contribution is 2.37. The van der Waals surface area contributed by atoms with Crippen molar-refractivity contribution < 1.29 is 80.9 Å². The van der Waals surface area contributed by atoms with E-state index in [1.54, 1.807) is 0 Å². The second-order valence-electron chi connectivity index (χ2n) is 9.79. The molecule has 0 aromatic carbocycles. The maximum atomic E-state index is 13.3. The number of hydrogen-bond acceptors (Lipinski definition) is 17. The third kappa shape index (κ3) is 14.8. The molecular weight excluding hydrogens is 634 g/mol. The van der Waals surface area contributed by atoms with Gasteiger partial charge >= 0.3 is 35.8 Å². The van der Waals surface area contributed by atoms with Crippen molar-refractivity contribution in [2.24, 2.45) is 0 Å². The van der Waals surface area contributed by atoms with Gasteiger partial charge in [0.15, 0.2) is 18.8 Å². The Bertz CT molecular complexity index is 1150. The lowest BCUT2D eigenvalue weighted by molar-refractivity contribution is -0.316. The average molecular weight is 676 g/mol. The summed E-state index contributed by atoms with van der Waals surface area (Å²) in [7, 11) is 1.02. The van der Waals surface area contributed by atoms with Crippen LogP contribution in [-0.4, -0.2) is 131 Å². The Kier molecular flexibility index (Phi) is 18.0. The maximum absolute atomic E-state index is 13.3. The van der Waals surface area contributed by atoms with Gasteiger partial charge in [-0.05, 0) is 0 Å². The van der Waals surface area contributed by atoms with E-state index in [9.17, 15) is 33.6 Å². The van der Waals surface area contributed by atoms with Gasteiger partial charge in [0, 0.05) is 34.6 Å². The minimum absolute atomic E-state index is 0.0754. The summed E-state index contributed by atoms with van der Waals surface area (Å²) in [5.41, 5.74) is 0. The van der Waals surface area contributed by atoms with Gasteiger partial charge < -0.3 is 52.7 Å². The lowest BCUT2D eigenvalue weighted by atomic mass is 9.88. The monoisotopic (exact) mass is 675 g/mol. The highest BCUT2D eigenvalue weighted by atomic mass is 16.7. The summed E-state index contributed by atoms with van der Waals surface area (Å²) >= 11 is 0. The SMILES string of the molecule is C#CCOCCOCCOC1(C(=O)OC)C[C@H](OC(C)=O)[C@@H](NC(=O)COC(C)=O)[C@H]([C@H](OC(C)=O)[C@@H](COC(C)=O)OC(C)=O)O1. The van der Waals surface area contributed by atoms with Gasteiger partial charge in [-0.1, -0.05) is 5.92 Å². The molecule has 0 aromatic rings. The fraction of sp³-hybridized carbons (Fsp3) is 0.690. The van der Waals surface area contributed by atoms with Crippen LogP contribution >= 0.6 is 0 Å². The topological polar surface area (TPSA) is 224 Å². The number of carbonyl (C=O) groups is 7. The molecule has 0 bridgehead atoms. The molecule has 1 fully saturated rings. The number of methoxy groups -OCH3 is 1. The van der Waals surface area contributed by atoms with E-state index in [2.05, 4.69) is 11.2 Å². The predicted molar refractivity (Wildman–Crippen MR) is 153 cm³/mol. The lowest BCUT2D eigenvalue weighted by Crippen LogP contribution is -2.69. The first-order chi connectivity index (χ1) is 22.1. The number of terminal acetylenes is 1. The minimum Gasteiger partial charge on any atom is -0.465 e. The Morgan fingerprint density at radius 2 is 1.47 bits per heavy atom. The number of amides is 1. The molecule has 6 atom stereocenters. The minimum atomic E-state index is -2.40. The predicted octanol–water partition coefficient (Wildman–Crippen LogP) is -1.27. The maximum Gasteiger partial charge on any atom is 0.366 e. The number of ether oxygens (including phenoxy) is 10. The third-order valence-corrected chi connectivity index (χ3v) is 5.98. The Balaban J connectivity index is 3.70. The van der Waals surface area contributed by atoms with Crippen molar-refractivity contribution in [3.05, 3.63) is 0 Å². The van der Waals surface area contributed by atoms with Gasteiger partial charge in [0.05, 0.1) is 46.0 Å². The molecule has 0 aromatic heterocycles. The molecule has 0 aliphatic carbocycles. The Labute approximate surface area is 271 Å². The van der Waals surface area contributed by atoms with Crippen LogP contribution in [0.15, 0.2) is 0 Å². The van der Waals surface area contributed by atoms with Crippen LogP contribution in [-0.2, 0) is 80.9 Å². The van der Waals surface area contributed by atoms with Crippen LogP contribution in [0.25, 0.3) is 0 Å². The quantitative estimate of drug-likeness (QED) is 0.0729. The van der Waals surface area contributed by atoms with Crippen molar-refractivity contribution in [3.63, 3.8) is 0 Å². The van der Waals surface area contributed by atoms with Gasteiger partial charge in [-0.2, -0.15) is 0 Å². The summed E-state index contributed by atoms with van der Waals surface area (Å²) < 4.78 is 53.5. The molecule has 18 heteroatoms. The molecule has 1 aliphatic heterocycles. The highest BCUT2D eigenvalue weighted by molar-refractivity contribution is 5.81. The second-order valence-corrected chi connectivity index (χ2v) is 9.79. The lowest BCUT2D eigenvalue weighted by Gasteiger charge is -2.48. The average Bonchev–Trinajstić information content (AvgIpc) is 2.98. The van der Waals surface area contributed by atoms with Gasteiger partial charge in [0.2, 0.25) is 0 Å². The van der Waals surface area contributed by atoms with Crippen LogP contribution in [0.3, 0.4) is 0 Å². The number of hydrogen-bond donors (Lipinski definition) is 1. The van der Waals surface area contributed by atoms with Crippen LogP contribution in [0.4, 0.5) is 0 Å². The van der Waals surface area contributed by atoms with E-state index in [0.29, 0.717) is 0 Å². The fourth-order valence-corrected chi connectivity index (χ4v) is 4.32. The van der Waals surface area contributed by atoms with Crippen LogP contribution in [0, 0.1) is 12.3 Å². The first kappa shape index (κ1) is 40.7. The van der Waals surface area contributed by atoms with E-state index in [1.165, 1.54) is 0 Å². The van der Waals surface area contributed by atoms with E-state index >= 15 is 0 Å². The molecule has 1 aliphatic rings. The molecule has 0 radical (unpaired) electrons. The normalized spacial score (nSPS) is 21.5. The van der Waals surface area contributed by atoms with Crippen molar-refractivity contribution in [1.29, 1.82) is 0 Å². The van der Waals surface area contributed by atoms with Gasteiger partial charge in [-0.25, -0.2) is 4.79 Å². The zero-order valence-electron chi connectivity index (χ0n) is 27.1. The second kappa shape index (κ2) is 20.7. The summed E-state index contributed by atoms with van der Waals surface area (Å²) in [5.74, 6) is -6.47. The number of rotatable bonds is 19. The number of nitrogens with one attached hydrogen (secondary N) is 1. The van der Waals surface area contributed by atoms with Crippen molar-refractivity contribution >= 4 is 41.7 Å². The van der Waals surface area contributed by atoms with Crippen molar-refractivity contribution in [1.82, 2.24) is 5.32 Å². The van der Waals surface area contributed by atoms with Crippen LogP contribution < -0.4 is 5.32 Å². The summed E-state index contributed by atoms with van der Waals surface area (Å²) in [5, 5.41) is 2.48. The smallest absolute Gasteiger partial charge is 0.366 e. The van der Waals surface area contributed by atoms with Crippen LogP contribution in [0.5, 0.6) is 0 Å². The first-order valence-electron chi connectivity index (χ1n) is 14.2. The molecule has 47 heavy (non-hydrogen) atoms. The van der Waals surface area contributed by atoms with E-state index in [-0.39, 0.29) is 33.0 Å². The molecule has 1 rings (SSSR count). The molecule has 1 heterocycles. The molecule has 0 saturated carbocycles. The summed E-state index contributed by atoms with van der Waals surface area (Å²) in [6.45, 7) is 3.66. The van der Waals surface area contributed by atoms with Gasteiger partial charge in [-0.3, -0.25) is 28.8 Å². The molecule has 1 saturated heterocycles. The molecule has 1 unspecified atom stereocenters. The van der Waals surface area contributed by atoms with Gasteiger partial charge in [0.25, 0.3) is 11.7 Å². The summed E-state index contributed by atoms with van der Waals surface area (Å²) in [4.78, 5) is 85.9. The Morgan fingerprint density at radius 3 is 2.02 bits per heavy atom. The summed E-state index contributed by atoms with van der Waals surface area (Å²) in [6.07, 6.45) is -2.06. The van der Waals surface area contributed by atoms with E-state index in [0.717, 1.165) is 41.7 Å². The first-order valence-corrected chi connectivity index (χ1v) is 14.2. The number of carbonyl (C=O) groups excluding carboxylic acids is 7. The van der Waals surface area contributed by atoms with E-state index in [1.807, 2.05) is 0 Å². The Hall–Kier alpha value is -4.31. The Morgan fingerprint density at radius 1 is 0.851 bits per heavy atom. The van der Waals surface area contributed by atoms with E-state index in [4.69, 9.17) is 53.8 Å². The van der Waals surface area contributed by atoms with Crippen LogP contribution in [0.1, 0.15) is 41.0 Å². The van der Waals surface area contributed by atoms with Crippen molar-refractivity contribution in [2.45, 2.75) is 77.3 Å². The van der Waals surface area contributed by atoms with Crippen molar-refractivity contribution in [2.75, 3.05) is 53.4 Å². The highest BCUT2D eigenvalue weighted by Gasteiger charge is 2.59. The van der Waals surface area contributed by atoms with E-state index < -0.39 is 97.6 Å². The van der Waals surface area contributed by atoms with Crippen LogP contribution in [0.2, 0.25) is 0 Å². The standard InChI is InChI=1S/C29H41NO17/c1-8-9-39-10-11-40-12-13-43-29(28(37)38-7)14-22(44-19(4)33)25(30-24(36)16-42-18(3)32)27(47-29)26(46-21(6)35)23(45-20(5)34)15-41-17(2)31/h1,22-23,25-27H,9-16H2,2-7H3,(H,30,36)/t22-,23+,25+,26+,27+,29?/m0/s1. The van der Waals surface area contributed by atoms with Crippen molar-refractivity contribution in [3.8, 4) is 12.3 Å². The summed E-state index contributed by atoms with van der Waals surface area (Å²) in [6, 6.07) is -1.49. The molecule has 0 spiro atoms. The zero-order valence-corrected chi connectivity index (χ0v) is 27.1. The molecule has 1 amide bonds. The fourth-order valence-electron chi connectivity index (χ4n) is 4.32. The third-order valence-electron chi connectivity index (χ3n) is 5.98. The molecule has 1 N–H and O–H groups in total.